The minimum absolute atomic E-state index is 0.0265. The van der Waals surface area contributed by atoms with Gasteiger partial charge in [-0.25, -0.2) is 4.79 Å². The van der Waals surface area contributed by atoms with Crippen molar-refractivity contribution >= 4 is 17.9 Å². The molecule has 1 aromatic carbocycles. The largest absolute Gasteiger partial charge is 0.458 e. The van der Waals surface area contributed by atoms with Crippen molar-refractivity contribution in [3.8, 4) is 0 Å². The summed E-state index contributed by atoms with van der Waals surface area (Å²) >= 11 is 0. The highest BCUT2D eigenvalue weighted by Gasteiger charge is 2.71. The number of nitrogens with one attached hydrogen (secondary N) is 1. The van der Waals surface area contributed by atoms with Crippen LogP contribution in [0.15, 0.2) is 47.1 Å². The lowest BCUT2D eigenvalue weighted by molar-refractivity contribution is -0.237. The van der Waals surface area contributed by atoms with Crippen LogP contribution in [0.5, 0.6) is 0 Å². The summed E-state index contributed by atoms with van der Waals surface area (Å²) in [5, 5.41) is 39.7. The maximum atomic E-state index is 12.5. The molecule has 36 heavy (non-hydrogen) atoms. The molecule has 194 valence electrons. The van der Waals surface area contributed by atoms with Crippen molar-refractivity contribution in [2.24, 2.45) is 33.7 Å². The summed E-state index contributed by atoms with van der Waals surface area (Å²) in [7, 11) is 0. The molecule has 0 aromatic heterocycles. The van der Waals surface area contributed by atoms with E-state index in [1.165, 1.54) is 0 Å². The number of aliphatic hydroxyl groups is 3. The SMILES string of the molecule is C[C@]12CC[C@H]3[C@H](CC[C@]4(O)C[C@@H](O)CC[C@]34C=NNc3ccccc3)[C@]1(O)CC[C@H]2C1=CC(=O)OC1. The number of fused-ring (bicyclic) bond motifs is 5. The Morgan fingerprint density at radius 1 is 1.03 bits per heavy atom. The zero-order chi connectivity index (χ0) is 25.2. The lowest BCUT2D eigenvalue weighted by Crippen LogP contribution is -2.68. The first-order valence-corrected chi connectivity index (χ1v) is 13.6. The molecule has 5 aliphatic rings. The number of hydrogen-bond acceptors (Lipinski definition) is 7. The van der Waals surface area contributed by atoms with E-state index < -0.39 is 22.7 Å². The zero-order valence-corrected chi connectivity index (χ0v) is 21.0. The van der Waals surface area contributed by atoms with Crippen LogP contribution in [0.1, 0.15) is 64.7 Å². The number of para-hydroxylation sites is 1. The second-order valence-electron chi connectivity index (χ2n) is 12.3. The third-order valence-electron chi connectivity index (χ3n) is 10.9. The average molecular weight is 495 g/mol. The molecule has 1 aromatic rings. The van der Waals surface area contributed by atoms with Crippen LogP contribution in [0.2, 0.25) is 0 Å². The fourth-order valence-electron chi connectivity index (χ4n) is 9.10. The maximum absolute atomic E-state index is 12.5. The van der Waals surface area contributed by atoms with Crippen molar-refractivity contribution < 1.29 is 24.9 Å². The van der Waals surface area contributed by atoms with E-state index in [1.54, 1.807) is 6.08 Å². The van der Waals surface area contributed by atoms with Crippen molar-refractivity contribution in [1.29, 1.82) is 0 Å². The Bertz CT molecular complexity index is 1090. The van der Waals surface area contributed by atoms with Gasteiger partial charge in [-0.05, 0) is 86.8 Å². The van der Waals surface area contributed by atoms with E-state index in [1.807, 2.05) is 36.5 Å². The predicted molar refractivity (Wildman–Crippen MR) is 136 cm³/mol. The van der Waals surface area contributed by atoms with Gasteiger partial charge in [-0.2, -0.15) is 5.10 Å². The normalized spacial score (nSPS) is 46.0. The molecule has 4 saturated carbocycles. The highest BCUT2D eigenvalue weighted by atomic mass is 16.5. The van der Waals surface area contributed by atoms with Gasteiger partial charge < -0.3 is 20.1 Å². The van der Waals surface area contributed by atoms with Gasteiger partial charge in [0.1, 0.15) is 6.61 Å². The fraction of sp³-hybridized carbons (Fsp3) is 0.655. The molecule has 1 aliphatic heterocycles. The lowest BCUT2D eigenvalue weighted by Gasteiger charge is -2.65. The van der Waals surface area contributed by atoms with Crippen LogP contribution < -0.4 is 5.43 Å². The van der Waals surface area contributed by atoms with Gasteiger partial charge >= 0.3 is 5.97 Å². The Hall–Kier alpha value is -2.22. The van der Waals surface area contributed by atoms with Crippen LogP contribution in [0.25, 0.3) is 0 Å². The summed E-state index contributed by atoms with van der Waals surface area (Å²) in [6, 6.07) is 9.77. The average Bonchev–Trinajstić information content (AvgIpc) is 3.40. The van der Waals surface area contributed by atoms with E-state index >= 15 is 0 Å². The van der Waals surface area contributed by atoms with Gasteiger partial charge in [-0.3, -0.25) is 5.43 Å². The maximum Gasteiger partial charge on any atom is 0.331 e. The van der Waals surface area contributed by atoms with E-state index in [0.717, 1.165) is 36.9 Å². The first kappa shape index (κ1) is 24.1. The Balaban J connectivity index is 1.35. The summed E-state index contributed by atoms with van der Waals surface area (Å²) in [5.74, 6) is -0.0496. The topological polar surface area (TPSA) is 111 Å². The first-order chi connectivity index (χ1) is 17.2. The molecule has 0 spiro atoms. The molecule has 4 N–H and O–H groups in total. The molecule has 4 fully saturated rings. The fourth-order valence-corrected chi connectivity index (χ4v) is 9.10. The summed E-state index contributed by atoms with van der Waals surface area (Å²) < 4.78 is 5.24. The molecular weight excluding hydrogens is 456 g/mol. The minimum atomic E-state index is -1.05. The van der Waals surface area contributed by atoms with Gasteiger partial charge in [0, 0.05) is 29.5 Å². The van der Waals surface area contributed by atoms with E-state index in [9.17, 15) is 20.1 Å². The number of hydrazone groups is 1. The number of esters is 1. The van der Waals surface area contributed by atoms with Crippen molar-refractivity contribution in [1.82, 2.24) is 0 Å². The number of rotatable bonds is 4. The molecule has 0 radical (unpaired) electrons. The molecule has 6 rings (SSSR count). The first-order valence-electron chi connectivity index (χ1n) is 13.6. The Morgan fingerprint density at radius 2 is 1.81 bits per heavy atom. The molecule has 0 bridgehead atoms. The lowest BCUT2D eigenvalue weighted by atomic mass is 9.41. The van der Waals surface area contributed by atoms with Crippen molar-refractivity contribution in [3.05, 3.63) is 42.0 Å². The summed E-state index contributed by atoms with van der Waals surface area (Å²) in [6.45, 7) is 2.54. The Kier molecular flexibility index (Phi) is 5.63. The highest BCUT2D eigenvalue weighted by molar-refractivity contribution is 5.85. The van der Waals surface area contributed by atoms with Gasteiger partial charge in [0.15, 0.2) is 0 Å². The number of benzene rings is 1. The third-order valence-corrected chi connectivity index (χ3v) is 10.9. The van der Waals surface area contributed by atoms with Crippen molar-refractivity contribution in [2.45, 2.75) is 82.0 Å². The number of cyclic esters (lactones) is 1. The number of carbonyl (C=O) groups excluding carboxylic acids is 1. The van der Waals surface area contributed by atoms with Gasteiger partial charge in [0.2, 0.25) is 0 Å². The Morgan fingerprint density at radius 3 is 2.56 bits per heavy atom. The highest BCUT2D eigenvalue weighted by Crippen LogP contribution is 2.70. The van der Waals surface area contributed by atoms with Crippen LogP contribution in [0, 0.1) is 28.6 Å². The molecule has 0 unspecified atom stereocenters. The third kappa shape index (κ3) is 3.35. The molecule has 1 heterocycles. The van der Waals surface area contributed by atoms with Gasteiger partial charge in [-0.1, -0.05) is 25.1 Å². The standard InChI is InChI=1S/C29H38N2O5/c1-26-11-8-23-24(29(26,35)14-10-22(26)19-15-25(33)36-17-19)9-13-28(34)16-21(32)7-12-27(23,28)18-30-31-20-5-3-2-4-6-20/h2-6,15,18,21-24,31-32,34-35H,7-14,16-17H2,1H3/t21-,22-,23-,24-,26+,27-,28-,29+/m0/s1. The molecule has 0 saturated heterocycles. The van der Waals surface area contributed by atoms with Gasteiger partial charge in [-0.15, -0.1) is 0 Å². The molecular formula is C29H38N2O5. The number of nitrogens with zero attached hydrogens (tertiary/aromatic N) is 1. The second-order valence-corrected chi connectivity index (χ2v) is 12.3. The van der Waals surface area contributed by atoms with E-state index in [2.05, 4.69) is 17.5 Å². The predicted octanol–water partition coefficient (Wildman–Crippen LogP) is 3.80. The smallest absolute Gasteiger partial charge is 0.331 e. The number of anilines is 1. The summed E-state index contributed by atoms with van der Waals surface area (Å²) in [5.41, 5.74) is 2.16. The van der Waals surface area contributed by atoms with E-state index in [-0.39, 0.29) is 29.1 Å². The number of carbonyl (C=O) groups is 1. The van der Waals surface area contributed by atoms with Crippen LogP contribution in [0.3, 0.4) is 0 Å². The molecule has 4 aliphatic carbocycles. The van der Waals surface area contributed by atoms with Crippen molar-refractivity contribution in [2.75, 3.05) is 12.0 Å². The molecule has 7 heteroatoms. The zero-order valence-electron chi connectivity index (χ0n) is 21.0. The van der Waals surface area contributed by atoms with Crippen LogP contribution in [-0.2, 0) is 9.53 Å². The van der Waals surface area contributed by atoms with Crippen LogP contribution in [0.4, 0.5) is 5.69 Å². The quantitative estimate of drug-likeness (QED) is 0.288. The van der Waals surface area contributed by atoms with Crippen LogP contribution in [-0.4, -0.2) is 51.4 Å². The van der Waals surface area contributed by atoms with Gasteiger partial charge in [0.25, 0.3) is 0 Å². The second kappa shape index (κ2) is 8.40. The Labute approximate surface area is 212 Å². The monoisotopic (exact) mass is 494 g/mol. The number of aliphatic hydroxyl groups excluding tert-OH is 1. The van der Waals surface area contributed by atoms with Gasteiger partial charge in [0.05, 0.1) is 23.0 Å². The molecule has 0 amide bonds. The van der Waals surface area contributed by atoms with E-state index in [4.69, 9.17) is 4.74 Å². The molecule has 7 nitrogen and oxygen atoms in total. The van der Waals surface area contributed by atoms with E-state index in [0.29, 0.717) is 38.7 Å². The number of hydrogen-bond donors (Lipinski definition) is 4. The molecule has 8 atom stereocenters. The number of ether oxygens (including phenoxy) is 1. The summed E-state index contributed by atoms with van der Waals surface area (Å²) in [4.78, 5) is 11.8. The summed E-state index contributed by atoms with van der Waals surface area (Å²) in [6.07, 6.45) is 9.15. The van der Waals surface area contributed by atoms with Crippen LogP contribution >= 0.6 is 0 Å². The minimum Gasteiger partial charge on any atom is -0.458 e. The van der Waals surface area contributed by atoms with Crippen molar-refractivity contribution in [3.63, 3.8) is 0 Å².